The minimum atomic E-state index is -4.68. The number of benzene rings is 2. The summed E-state index contributed by atoms with van der Waals surface area (Å²) in [5, 5.41) is 10.6. The first-order valence-corrected chi connectivity index (χ1v) is 8.33. The Balaban J connectivity index is 1.93. The van der Waals surface area contributed by atoms with E-state index >= 15 is 0 Å². The number of carbonyl (C=O) groups is 1. The van der Waals surface area contributed by atoms with E-state index in [4.69, 9.17) is 26.8 Å². The van der Waals surface area contributed by atoms with Crippen molar-refractivity contribution in [3.05, 3.63) is 58.4 Å². The highest BCUT2D eigenvalue weighted by Gasteiger charge is 2.35. The highest BCUT2D eigenvalue weighted by atomic mass is 35.5. The van der Waals surface area contributed by atoms with Gasteiger partial charge in [0.05, 0.1) is 23.9 Å². The molecular weight excluding hydrogens is 415 g/mol. The summed E-state index contributed by atoms with van der Waals surface area (Å²) < 4.78 is 51.6. The summed E-state index contributed by atoms with van der Waals surface area (Å²) in [7, 11) is 1.42. The molecule has 29 heavy (non-hydrogen) atoms. The zero-order valence-corrected chi connectivity index (χ0v) is 15.5. The number of amides is 1. The van der Waals surface area contributed by atoms with E-state index in [9.17, 15) is 18.0 Å². The second kappa shape index (κ2) is 7.95. The molecule has 2 aromatic carbocycles. The fourth-order valence-electron chi connectivity index (χ4n) is 2.50. The molecule has 0 atom stereocenters. The number of alkyl halides is 3. The third-order valence-electron chi connectivity index (χ3n) is 3.84. The first kappa shape index (κ1) is 20.4. The molecule has 1 heterocycles. The standard InChI is InChI=1S/C17H13ClF3N5O3/c1-28-10-3-5-14(11(7-10)16(22)27)29-8-15-23-24-25-26(15)13-4-2-9(18)6-12(13)17(19,20)21/h2-7H,8H2,1H3,(H2,22,27). The monoisotopic (exact) mass is 427 g/mol. The summed E-state index contributed by atoms with van der Waals surface area (Å²) in [5.41, 5.74) is 4.03. The Kier molecular flexibility index (Phi) is 5.59. The van der Waals surface area contributed by atoms with Crippen molar-refractivity contribution in [3.8, 4) is 17.2 Å². The minimum absolute atomic E-state index is 0.0332. The number of nitrogens with two attached hydrogens (primary N) is 1. The number of halogens is 4. The zero-order valence-electron chi connectivity index (χ0n) is 14.8. The molecule has 2 N–H and O–H groups in total. The van der Waals surface area contributed by atoms with Crippen molar-refractivity contribution in [2.45, 2.75) is 12.8 Å². The van der Waals surface area contributed by atoms with E-state index in [1.165, 1.54) is 31.4 Å². The van der Waals surface area contributed by atoms with Crippen LogP contribution in [0.1, 0.15) is 21.7 Å². The molecule has 3 aromatic rings. The van der Waals surface area contributed by atoms with Crippen molar-refractivity contribution in [1.29, 1.82) is 0 Å². The van der Waals surface area contributed by atoms with Crippen molar-refractivity contribution >= 4 is 17.5 Å². The number of aromatic nitrogens is 4. The van der Waals surface area contributed by atoms with Gasteiger partial charge < -0.3 is 15.2 Å². The second-order valence-electron chi connectivity index (χ2n) is 5.68. The molecular formula is C17H13ClF3N5O3. The molecule has 0 aliphatic carbocycles. The van der Waals surface area contributed by atoms with Crippen molar-refractivity contribution in [2.24, 2.45) is 5.73 Å². The van der Waals surface area contributed by atoms with Gasteiger partial charge in [-0.15, -0.1) is 5.10 Å². The van der Waals surface area contributed by atoms with E-state index in [0.717, 1.165) is 16.8 Å². The number of ether oxygens (including phenoxy) is 2. The lowest BCUT2D eigenvalue weighted by molar-refractivity contribution is -0.137. The first-order valence-electron chi connectivity index (χ1n) is 7.95. The van der Waals surface area contributed by atoms with Gasteiger partial charge in [-0.05, 0) is 46.8 Å². The summed E-state index contributed by atoms with van der Waals surface area (Å²) >= 11 is 5.70. The normalized spacial score (nSPS) is 11.3. The van der Waals surface area contributed by atoms with Crippen molar-refractivity contribution in [3.63, 3.8) is 0 Å². The van der Waals surface area contributed by atoms with Crippen LogP contribution in [0.2, 0.25) is 5.02 Å². The fraction of sp³-hybridized carbons (Fsp3) is 0.176. The number of rotatable bonds is 6. The van der Waals surface area contributed by atoms with Gasteiger partial charge in [-0.25, -0.2) is 0 Å². The minimum Gasteiger partial charge on any atom is -0.497 e. The Morgan fingerprint density at radius 2 is 2.00 bits per heavy atom. The summed E-state index contributed by atoms with van der Waals surface area (Å²) in [6.45, 7) is -0.334. The predicted octanol–water partition coefficient (Wildman–Crippen LogP) is 3.02. The lowest BCUT2D eigenvalue weighted by atomic mass is 10.1. The molecule has 0 aliphatic rings. The highest BCUT2D eigenvalue weighted by Crippen LogP contribution is 2.35. The van der Waals surface area contributed by atoms with Gasteiger partial charge in [-0.1, -0.05) is 11.6 Å². The van der Waals surface area contributed by atoms with Crippen LogP contribution in [0.15, 0.2) is 36.4 Å². The van der Waals surface area contributed by atoms with Crippen LogP contribution in [0.25, 0.3) is 5.69 Å². The number of tetrazole rings is 1. The Morgan fingerprint density at radius 1 is 1.24 bits per heavy atom. The molecule has 0 aliphatic heterocycles. The maximum atomic E-state index is 13.4. The third-order valence-corrected chi connectivity index (χ3v) is 4.07. The van der Waals surface area contributed by atoms with E-state index < -0.39 is 17.6 Å². The van der Waals surface area contributed by atoms with Crippen LogP contribution in [-0.2, 0) is 12.8 Å². The molecule has 152 valence electrons. The molecule has 0 saturated carbocycles. The molecule has 1 aromatic heterocycles. The van der Waals surface area contributed by atoms with Gasteiger partial charge in [0.2, 0.25) is 0 Å². The van der Waals surface area contributed by atoms with Crippen molar-refractivity contribution in [2.75, 3.05) is 7.11 Å². The van der Waals surface area contributed by atoms with Gasteiger partial charge in [0, 0.05) is 5.02 Å². The lowest BCUT2D eigenvalue weighted by Gasteiger charge is -2.14. The zero-order chi connectivity index (χ0) is 21.2. The largest absolute Gasteiger partial charge is 0.497 e. The molecule has 0 saturated heterocycles. The van der Waals surface area contributed by atoms with Crippen LogP contribution in [0.4, 0.5) is 13.2 Å². The summed E-state index contributed by atoms with van der Waals surface area (Å²) in [5.74, 6) is -0.327. The Hall–Kier alpha value is -3.34. The summed E-state index contributed by atoms with van der Waals surface area (Å²) in [6.07, 6.45) is -4.68. The molecule has 0 spiro atoms. The molecule has 8 nitrogen and oxygen atoms in total. The number of nitrogens with zero attached hydrogens (tertiary/aromatic N) is 4. The molecule has 0 radical (unpaired) electrons. The quantitative estimate of drug-likeness (QED) is 0.648. The molecule has 0 fully saturated rings. The van der Waals surface area contributed by atoms with Crippen molar-refractivity contribution in [1.82, 2.24) is 20.2 Å². The third kappa shape index (κ3) is 4.40. The molecule has 12 heteroatoms. The van der Waals surface area contributed by atoms with Gasteiger partial charge in [-0.3, -0.25) is 4.79 Å². The molecule has 0 bridgehead atoms. The first-order chi connectivity index (χ1) is 13.7. The van der Waals surface area contributed by atoms with Crippen LogP contribution in [0.3, 0.4) is 0 Å². The molecule has 3 rings (SSSR count). The lowest BCUT2D eigenvalue weighted by Crippen LogP contribution is -2.16. The number of primary amides is 1. The topological polar surface area (TPSA) is 105 Å². The highest BCUT2D eigenvalue weighted by molar-refractivity contribution is 6.30. The maximum Gasteiger partial charge on any atom is 0.418 e. The average Bonchev–Trinajstić information content (AvgIpc) is 3.13. The van der Waals surface area contributed by atoms with Crippen LogP contribution in [0.5, 0.6) is 11.5 Å². The average molecular weight is 428 g/mol. The van der Waals surface area contributed by atoms with E-state index in [1.54, 1.807) is 0 Å². The van der Waals surface area contributed by atoms with E-state index in [-0.39, 0.29) is 34.5 Å². The van der Waals surface area contributed by atoms with Gasteiger partial charge >= 0.3 is 6.18 Å². The van der Waals surface area contributed by atoms with Crippen LogP contribution in [-0.4, -0.2) is 33.2 Å². The molecule has 0 unspecified atom stereocenters. The van der Waals surface area contributed by atoms with Gasteiger partial charge in [-0.2, -0.15) is 17.9 Å². The second-order valence-corrected chi connectivity index (χ2v) is 6.12. The molecule has 1 amide bonds. The Bertz CT molecular complexity index is 1060. The SMILES string of the molecule is COc1ccc(OCc2nnnn2-c2ccc(Cl)cc2C(F)(F)F)c(C(N)=O)c1. The Labute approximate surface area is 167 Å². The predicted molar refractivity (Wildman–Crippen MR) is 95.0 cm³/mol. The number of hydrogen-bond acceptors (Lipinski definition) is 6. The van der Waals surface area contributed by atoms with Crippen LogP contribution in [0, 0.1) is 0 Å². The van der Waals surface area contributed by atoms with Crippen molar-refractivity contribution < 1.29 is 27.4 Å². The summed E-state index contributed by atoms with van der Waals surface area (Å²) in [4.78, 5) is 11.6. The number of carbonyl (C=O) groups excluding carboxylic acids is 1. The fourth-order valence-corrected chi connectivity index (χ4v) is 2.67. The summed E-state index contributed by atoms with van der Waals surface area (Å²) in [6, 6.07) is 7.56. The van der Waals surface area contributed by atoms with E-state index in [0.29, 0.717) is 5.75 Å². The van der Waals surface area contributed by atoms with Gasteiger partial charge in [0.15, 0.2) is 5.82 Å². The van der Waals surface area contributed by atoms with Gasteiger partial charge in [0.25, 0.3) is 5.91 Å². The van der Waals surface area contributed by atoms with E-state index in [2.05, 4.69) is 15.5 Å². The van der Waals surface area contributed by atoms with Crippen LogP contribution < -0.4 is 15.2 Å². The van der Waals surface area contributed by atoms with Gasteiger partial charge in [0.1, 0.15) is 18.1 Å². The van der Waals surface area contributed by atoms with Crippen LogP contribution >= 0.6 is 11.6 Å². The maximum absolute atomic E-state index is 13.4. The smallest absolute Gasteiger partial charge is 0.418 e. The Morgan fingerprint density at radius 3 is 2.66 bits per heavy atom. The number of methoxy groups -OCH3 is 1. The van der Waals surface area contributed by atoms with E-state index in [1.807, 2.05) is 0 Å². The number of hydrogen-bond donors (Lipinski definition) is 1.